The number of hydrogen-bond acceptors (Lipinski definition) is 5. The number of esters is 1. The molecule has 2 heterocycles. The van der Waals surface area contributed by atoms with Gasteiger partial charge in [-0.25, -0.2) is 13.2 Å². The lowest BCUT2D eigenvalue weighted by Gasteiger charge is -2.40. The summed E-state index contributed by atoms with van der Waals surface area (Å²) >= 11 is 5.91. The number of aromatic amines is 1. The van der Waals surface area contributed by atoms with E-state index >= 15 is 0 Å². The molecule has 0 saturated heterocycles. The summed E-state index contributed by atoms with van der Waals surface area (Å²) in [5.41, 5.74) is 3.23. The van der Waals surface area contributed by atoms with E-state index in [1.54, 1.807) is 12.1 Å². The Kier molecular flexibility index (Phi) is 5.53. The maximum Gasteiger partial charge on any atom is 0.328 e. The lowest BCUT2D eigenvalue weighted by atomic mass is 9.88. The van der Waals surface area contributed by atoms with Gasteiger partial charge in [-0.15, -0.1) is 11.6 Å². The van der Waals surface area contributed by atoms with E-state index in [4.69, 9.17) is 16.3 Å². The van der Waals surface area contributed by atoms with Crippen LogP contribution in [-0.2, 0) is 30.6 Å². The molecular weight excluding hydrogens is 440 g/mol. The van der Waals surface area contributed by atoms with Crippen LogP contribution in [0.1, 0.15) is 22.9 Å². The number of alkyl halides is 1. The summed E-state index contributed by atoms with van der Waals surface area (Å²) in [6.45, 7) is 0. The predicted octanol–water partition coefficient (Wildman–Crippen LogP) is 2.83. The summed E-state index contributed by atoms with van der Waals surface area (Å²) in [5.74, 6) is -1.26. The van der Waals surface area contributed by atoms with Gasteiger partial charge in [-0.1, -0.05) is 30.3 Å². The van der Waals surface area contributed by atoms with E-state index in [1.807, 2.05) is 24.3 Å². The molecular formula is C22H21ClN2O5S. The Morgan fingerprint density at radius 1 is 1.16 bits per heavy atom. The summed E-state index contributed by atoms with van der Waals surface area (Å²) in [4.78, 5) is 30.6. The van der Waals surface area contributed by atoms with E-state index in [9.17, 15) is 18.0 Å². The van der Waals surface area contributed by atoms with Gasteiger partial charge >= 0.3 is 5.97 Å². The molecule has 1 aromatic heterocycles. The minimum atomic E-state index is -3.38. The molecule has 0 aliphatic carbocycles. The van der Waals surface area contributed by atoms with Gasteiger partial charge in [0.2, 0.25) is 5.91 Å². The van der Waals surface area contributed by atoms with Gasteiger partial charge in [0.1, 0.15) is 11.9 Å². The van der Waals surface area contributed by atoms with Crippen molar-refractivity contribution in [3.63, 3.8) is 0 Å². The molecule has 2 aromatic carbocycles. The van der Waals surface area contributed by atoms with Crippen molar-refractivity contribution in [1.29, 1.82) is 0 Å². The predicted molar refractivity (Wildman–Crippen MR) is 117 cm³/mol. The maximum atomic E-state index is 12.9. The number of sulfone groups is 1. The third-order valence-corrected chi connectivity index (χ3v) is 6.99. The second-order valence-electron chi connectivity index (χ2n) is 7.48. The average Bonchev–Trinajstić information content (AvgIpc) is 3.14. The fourth-order valence-electron chi connectivity index (χ4n) is 4.23. The molecule has 7 nitrogen and oxygen atoms in total. The van der Waals surface area contributed by atoms with Gasteiger partial charge in [-0.3, -0.25) is 4.79 Å². The van der Waals surface area contributed by atoms with Crippen molar-refractivity contribution in [2.24, 2.45) is 0 Å². The molecule has 0 bridgehead atoms. The number of nitrogens with zero attached hydrogens (tertiary/aromatic N) is 1. The molecule has 2 atom stereocenters. The third kappa shape index (κ3) is 3.70. The molecule has 0 fully saturated rings. The lowest BCUT2D eigenvalue weighted by Crippen LogP contribution is -2.52. The second kappa shape index (κ2) is 8.01. The Morgan fingerprint density at radius 3 is 2.45 bits per heavy atom. The fraction of sp³-hybridized carbons (Fsp3) is 0.273. The molecule has 0 radical (unpaired) electrons. The summed E-state index contributed by atoms with van der Waals surface area (Å²) < 4.78 is 28.8. The number of fused-ring (bicyclic) bond motifs is 3. The van der Waals surface area contributed by atoms with Crippen LogP contribution < -0.4 is 0 Å². The second-order valence-corrected chi connectivity index (χ2v) is 9.77. The first kappa shape index (κ1) is 21.4. The zero-order valence-electron chi connectivity index (χ0n) is 17.0. The Balaban J connectivity index is 1.96. The summed E-state index contributed by atoms with van der Waals surface area (Å²) in [5, 5.41) is 0.960. The van der Waals surface area contributed by atoms with Crippen molar-refractivity contribution in [2.75, 3.05) is 19.2 Å². The van der Waals surface area contributed by atoms with Crippen LogP contribution in [0, 0.1) is 0 Å². The number of nitrogens with one attached hydrogen (secondary N) is 1. The van der Waals surface area contributed by atoms with Crippen LogP contribution in [0.3, 0.4) is 0 Å². The Hall–Kier alpha value is -2.84. The van der Waals surface area contributed by atoms with E-state index in [0.29, 0.717) is 5.56 Å². The zero-order valence-corrected chi connectivity index (χ0v) is 18.5. The fourth-order valence-corrected chi connectivity index (χ4v) is 5.00. The topological polar surface area (TPSA) is 96.5 Å². The van der Waals surface area contributed by atoms with Crippen molar-refractivity contribution >= 4 is 44.2 Å². The van der Waals surface area contributed by atoms with Crippen LogP contribution in [0.4, 0.5) is 0 Å². The first-order valence-corrected chi connectivity index (χ1v) is 12.0. The molecule has 1 N–H and O–H groups in total. The number of carbonyl (C=O) groups excluding carboxylic acids is 2. The molecule has 9 heteroatoms. The van der Waals surface area contributed by atoms with Gasteiger partial charge in [0.05, 0.1) is 18.0 Å². The van der Waals surface area contributed by atoms with Crippen molar-refractivity contribution < 1.29 is 22.7 Å². The largest absolute Gasteiger partial charge is 0.467 e. The normalized spacial score (nSPS) is 18.6. The Morgan fingerprint density at radius 2 is 1.84 bits per heavy atom. The van der Waals surface area contributed by atoms with E-state index in [1.165, 1.54) is 24.1 Å². The number of ether oxygens (including phenoxy) is 1. The molecule has 3 aromatic rings. The van der Waals surface area contributed by atoms with Crippen molar-refractivity contribution in [2.45, 2.75) is 23.4 Å². The smallest absolute Gasteiger partial charge is 0.328 e. The number of methoxy groups -OCH3 is 1. The van der Waals surface area contributed by atoms with Crippen molar-refractivity contribution in [1.82, 2.24) is 9.88 Å². The van der Waals surface area contributed by atoms with Gasteiger partial charge < -0.3 is 14.6 Å². The molecule has 31 heavy (non-hydrogen) atoms. The van der Waals surface area contributed by atoms with Gasteiger partial charge in [0, 0.05) is 29.3 Å². The molecule has 0 spiro atoms. The first-order valence-electron chi connectivity index (χ1n) is 9.60. The van der Waals surface area contributed by atoms with E-state index < -0.39 is 33.8 Å². The van der Waals surface area contributed by atoms with Gasteiger partial charge in [-0.2, -0.15) is 0 Å². The number of amides is 1. The van der Waals surface area contributed by atoms with E-state index in [2.05, 4.69) is 4.98 Å². The number of hydrogen-bond donors (Lipinski definition) is 1. The quantitative estimate of drug-likeness (QED) is 0.477. The SMILES string of the molecule is COC(=O)C1Cc2c([nH]c3ccccc23)C(c2ccc(S(C)(=O)=O)cc2)N1C(=O)CCl. The monoisotopic (exact) mass is 460 g/mol. The minimum Gasteiger partial charge on any atom is -0.467 e. The van der Waals surface area contributed by atoms with Crippen LogP contribution in [0.15, 0.2) is 53.4 Å². The number of aromatic nitrogens is 1. The van der Waals surface area contributed by atoms with Crippen LogP contribution in [-0.4, -0.2) is 55.5 Å². The van der Waals surface area contributed by atoms with E-state index in [-0.39, 0.29) is 17.2 Å². The van der Waals surface area contributed by atoms with Crippen molar-refractivity contribution in [3.8, 4) is 0 Å². The van der Waals surface area contributed by atoms with Gasteiger partial charge in [0.25, 0.3) is 0 Å². The van der Waals surface area contributed by atoms with Crippen molar-refractivity contribution in [3.05, 3.63) is 65.4 Å². The molecule has 1 aliphatic rings. The highest BCUT2D eigenvalue weighted by molar-refractivity contribution is 7.90. The summed E-state index contributed by atoms with van der Waals surface area (Å²) in [7, 11) is -2.09. The molecule has 162 valence electrons. The number of rotatable bonds is 4. The Bertz CT molecular complexity index is 1270. The molecule has 1 aliphatic heterocycles. The number of benzene rings is 2. The molecule has 4 rings (SSSR count). The number of carbonyl (C=O) groups is 2. The minimum absolute atomic E-state index is 0.170. The highest BCUT2D eigenvalue weighted by Crippen LogP contribution is 2.41. The average molecular weight is 461 g/mol. The first-order chi connectivity index (χ1) is 14.8. The summed E-state index contributed by atoms with van der Waals surface area (Å²) in [6, 6.07) is 12.5. The molecule has 1 amide bonds. The van der Waals surface area contributed by atoms with E-state index in [0.717, 1.165) is 28.4 Å². The van der Waals surface area contributed by atoms with Crippen LogP contribution in [0.25, 0.3) is 10.9 Å². The number of para-hydroxylation sites is 1. The third-order valence-electron chi connectivity index (χ3n) is 5.63. The van der Waals surface area contributed by atoms with Crippen LogP contribution in [0.2, 0.25) is 0 Å². The van der Waals surface area contributed by atoms with Crippen LogP contribution >= 0.6 is 11.6 Å². The highest BCUT2D eigenvalue weighted by atomic mass is 35.5. The summed E-state index contributed by atoms with van der Waals surface area (Å²) in [6.07, 6.45) is 1.42. The van der Waals surface area contributed by atoms with Gasteiger partial charge in [0.15, 0.2) is 9.84 Å². The number of H-pyrrole nitrogens is 1. The molecule has 0 saturated carbocycles. The van der Waals surface area contributed by atoms with Crippen LogP contribution in [0.5, 0.6) is 0 Å². The Labute approximate surface area is 184 Å². The molecule has 2 unspecified atom stereocenters. The number of halogens is 1. The zero-order chi connectivity index (χ0) is 22.3. The standard InChI is InChI=1S/C22H21ClN2O5S/c1-30-22(27)18-11-16-15-5-3-4-6-17(15)24-20(16)21(25(18)19(26)12-23)13-7-9-14(10-8-13)31(2,28)29/h3-10,18,21,24H,11-12H2,1-2H3. The maximum absolute atomic E-state index is 12.9. The van der Waals surface area contributed by atoms with Gasteiger partial charge in [-0.05, 0) is 29.3 Å². The lowest BCUT2D eigenvalue weighted by molar-refractivity contribution is -0.154. The highest BCUT2D eigenvalue weighted by Gasteiger charge is 2.43.